The van der Waals surface area contributed by atoms with Gasteiger partial charge in [-0.2, -0.15) is 0 Å². The van der Waals surface area contributed by atoms with Crippen molar-refractivity contribution in [3.63, 3.8) is 0 Å². The van der Waals surface area contributed by atoms with Gasteiger partial charge in [-0.05, 0) is 29.1 Å². The summed E-state index contributed by atoms with van der Waals surface area (Å²) in [7, 11) is 0. The molecule has 1 N–H and O–H groups in total. The monoisotopic (exact) mass is 211 g/mol. The number of H-pyrrole nitrogens is 1. The first kappa shape index (κ1) is 9.16. The smallest absolute Gasteiger partial charge is 0.123 e. The molecule has 2 aromatic carbocycles. The molecule has 1 aromatic heterocycles. The van der Waals surface area contributed by atoms with E-state index in [1.807, 2.05) is 24.4 Å². The summed E-state index contributed by atoms with van der Waals surface area (Å²) in [5, 5.41) is 1.17. The van der Waals surface area contributed by atoms with Gasteiger partial charge in [-0.1, -0.05) is 30.3 Å². The van der Waals surface area contributed by atoms with E-state index in [1.165, 1.54) is 17.5 Å². The molecule has 0 unspecified atom stereocenters. The summed E-state index contributed by atoms with van der Waals surface area (Å²) < 4.78 is 12.8. The van der Waals surface area contributed by atoms with E-state index in [2.05, 4.69) is 11.1 Å². The van der Waals surface area contributed by atoms with Crippen LogP contribution in [0.15, 0.2) is 54.7 Å². The van der Waals surface area contributed by atoms with Crippen molar-refractivity contribution in [2.75, 3.05) is 0 Å². The van der Waals surface area contributed by atoms with E-state index in [4.69, 9.17) is 0 Å². The fourth-order valence-electron chi connectivity index (χ4n) is 1.95. The predicted octanol–water partition coefficient (Wildman–Crippen LogP) is 3.97. The van der Waals surface area contributed by atoms with Gasteiger partial charge in [0.05, 0.1) is 5.52 Å². The molecule has 78 valence electrons. The zero-order valence-electron chi connectivity index (χ0n) is 8.57. The summed E-state index contributed by atoms with van der Waals surface area (Å²) in [6, 6.07) is 14.7. The Morgan fingerprint density at radius 1 is 0.875 bits per heavy atom. The molecule has 0 aliphatic heterocycles. The lowest BCUT2D eigenvalue weighted by Crippen LogP contribution is -1.81. The van der Waals surface area contributed by atoms with Gasteiger partial charge in [0.25, 0.3) is 0 Å². The van der Waals surface area contributed by atoms with E-state index in [0.717, 1.165) is 16.6 Å². The van der Waals surface area contributed by atoms with Crippen LogP contribution in [-0.2, 0) is 0 Å². The Morgan fingerprint density at radius 3 is 2.50 bits per heavy atom. The maximum absolute atomic E-state index is 12.8. The minimum absolute atomic E-state index is 0.206. The third-order valence-electron chi connectivity index (χ3n) is 2.74. The van der Waals surface area contributed by atoms with Crippen molar-refractivity contribution in [1.29, 1.82) is 0 Å². The lowest BCUT2D eigenvalue weighted by molar-refractivity contribution is 0.628. The molecule has 1 nitrogen and oxygen atoms in total. The normalized spacial score (nSPS) is 10.8. The molecule has 16 heavy (non-hydrogen) atoms. The maximum atomic E-state index is 12.8. The number of aromatic nitrogens is 1. The van der Waals surface area contributed by atoms with Crippen LogP contribution in [0.2, 0.25) is 0 Å². The Morgan fingerprint density at radius 2 is 1.69 bits per heavy atom. The summed E-state index contributed by atoms with van der Waals surface area (Å²) in [6.07, 6.45) is 1.91. The number of para-hydroxylation sites is 1. The lowest BCUT2D eigenvalue weighted by atomic mass is 10.0. The minimum atomic E-state index is -0.206. The number of halogens is 1. The summed E-state index contributed by atoms with van der Waals surface area (Å²) in [5.41, 5.74) is 3.21. The second-order valence-corrected chi connectivity index (χ2v) is 3.75. The highest BCUT2D eigenvalue weighted by atomic mass is 19.1. The number of benzene rings is 2. The third-order valence-corrected chi connectivity index (χ3v) is 2.74. The summed E-state index contributed by atoms with van der Waals surface area (Å²) in [6.45, 7) is 0. The number of hydrogen-bond acceptors (Lipinski definition) is 0. The Hall–Kier alpha value is -2.09. The molecule has 3 aromatic rings. The maximum Gasteiger partial charge on any atom is 0.123 e. The molecule has 0 amide bonds. The van der Waals surface area contributed by atoms with Gasteiger partial charge < -0.3 is 4.98 Å². The van der Waals surface area contributed by atoms with Crippen LogP contribution in [0.4, 0.5) is 4.39 Å². The minimum Gasteiger partial charge on any atom is -0.361 e. The molecule has 1 heterocycles. The van der Waals surface area contributed by atoms with Gasteiger partial charge in [0.15, 0.2) is 0 Å². The lowest BCUT2D eigenvalue weighted by Gasteiger charge is -2.03. The summed E-state index contributed by atoms with van der Waals surface area (Å²) in [4.78, 5) is 3.21. The first-order valence-corrected chi connectivity index (χ1v) is 5.17. The molecule has 2 heteroatoms. The Balaban J connectivity index is 2.25. The van der Waals surface area contributed by atoms with Crippen molar-refractivity contribution < 1.29 is 4.39 Å². The van der Waals surface area contributed by atoms with Crippen molar-refractivity contribution in [2.45, 2.75) is 0 Å². The van der Waals surface area contributed by atoms with Crippen LogP contribution in [0.5, 0.6) is 0 Å². The molecule has 0 radical (unpaired) electrons. The van der Waals surface area contributed by atoms with Crippen molar-refractivity contribution >= 4 is 10.9 Å². The molecule has 0 saturated heterocycles. The van der Waals surface area contributed by atoms with Gasteiger partial charge >= 0.3 is 0 Å². The van der Waals surface area contributed by atoms with Crippen molar-refractivity contribution in [3.05, 3.63) is 60.5 Å². The van der Waals surface area contributed by atoms with E-state index in [1.54, 1.807) is 12.1 Å². The van der Waals surface area contributed by atoms with Crippen LogP contribution in [0.3, 0.4) is 0 Å². The van der Waals surface area contributed by atoms with E-state index >= 15 is 0 Å². The molecule has 0 aliphatic carbocycles. The first-order chi connectivity index (χ1) is 7.84. The SMILES string of the molecule is Fc1ccc(-c2cccc3cc[nH]c23)cc1. The second-order valence-electron chi connectivity index (χ2n) is 3.75. The number of aromatic amines is 1. The van der Waals surface area contributed by atoms with Crippen LogP contribution in [-0.4, -0.2) is 4.98 Å². The van der Waals surface area contributed by atoms with Gasteiger partial charge in [0.1, 0.15) is 5.82 Å². The Labute approximate surface area is 92.5 Å². The highest BCUT2D eigenvalue weighted by Gasteiger charge is 2.03. The molecular formula is C14H10FN. The van der Waals surface area contributed by atoms with Crippen molar-refractivity contribution in [1.82, 2.24) is 4.98 Å². The van der Waals surface area contributed by atoms with Crippen LogP contribution >= 0.6 is 0 Å². The Bertz CT molecular complexity index is 623. The molecule has 0 aliphatic rings. The number of hydrogen-bond donors (Lipinski definition) is 1. The van der Waals surface area contributed by atoms with Gasteiger partial charge in [0, 0.05) is 11.8 Å². The van der Waals surface area contributed by atoms with E-state index in [0.29, 0.717) is 0 Å². The van der Waals surface area contributed by atoms with E-state index in [9.17, 15) is 4.39 Å². The van der Waals surface area contributed by atoms with Crippen LogP contribution in [0.25, 0.3) is 22.0 Å². The zero-order chi connectivity index (χ0) is 11.0. The Kier molecular flexibility index (Phi) is 2.00. The van der Waals surface area contributed by atoms with Crippen LogP contribution in [0, 0.1) is 5.82 Å². The zero-order valence-corrected chi connectivity index (χ0v) is 8.57. The molecule has 0 bridgehead atoms. The van der Waals surface area contributed by atoms with Crippen molar-refractivity contribution in [2.24, 2.45) is 0 Å². The predicted molar refractivity (Wildman–Crippen MR) is 63.7 cm³/mol. The van der Waals surface area contributed by atoms with Crippen LogP contribution < -0.4 is 0 Å². The van der Waals surface area contributed by atoms with Crippen molar-refractivity contribution in [3.8, 4) is 11.1 Å². The molecule has 0 fully saturated rings. The number of nitrogens with one attached hydrogen (secondary N) is 1. The second kappa shape index (κ2) is 3.49. The van der Waals surface area contributed by atoms with Gasteiger partial charge in [0.2, 0.25) is 0 Å². The fourth-order valence-corrected chi connectivity index (χ4v) is 1.95. The topological polar surface area (TPSA) is 15.8 Å². The van der Waals surface area contributed by atoms with E-state index in [-0.39, 0.29) is 5.82 Å². The average molecular weight is 211 g/mol. The van der Waals surface area contributed by atoms with Gasteiger partial charge in [-0.15, -0.1) is 0 Å². The highest BCUT2D eigenvalue weighted by molar-refractivity contribution is 5.93. The highest BCUT2D eigenvalue weighted by Crippen LogP contribution is 2.27. The summed E-state index contributed by atoms with van der Waals surface area (Å²) in [5.74, 6) is -0.206. The summed E-state index contributed by atoms with van der Waals surface area (Å²) >= 11 is 0. The standard InChI is InChI=1S/C14H10FN/c15-12-6-4-10(5-7-12)13-3-1-2-11-8-9-16-14(11)13/h1-9,16H. The molecular weight excluding hydrogens is 201 g/mol. The van der Waals surface area contributed by atoms with Gasteiger partial charge in [-0.25, -0.2) is 4.39 Å². The van der Waals surface area contributed by atoms with E-state index < -0.39 is 0 Å². The third kappa shape index (κ3) is 1.39. The van der Waals surface area contributed by atoms with Crippen LogP contribution in [0.1, 0.15) is 0 Å². The molecule has 3 rings (SSSR count). The molecule has 0 saturated carbocycles. The number of rotatable bonds is 1. The number of fused-ring (bicyclic) bond motifs is 1. The quantitative estimate of drug-likeness (QED) is 0.626. The van der Waals surface area contributed by atoms with Gasteiger partial charge in [-0.3, -0.25) is 0 Å². The molecule has 0 atom stereocenters. The average Bonchev–Trinajstić information content (AvgIpc) is 2.78. The largest absolute Gasteiger partial charge is 0.361 e. The first-order valence-electron chi connectivity index (χ1n) is 5.17. The molecule has 0 spiro atoms. The fraction of sp³-hybridized carbons (Fsp3) is 0.